The summed E-state index contributed by atoms with van der Waals surface area (Å²) in [7, 11) is 1.68. The molecule has 7 nitrogen and oxygen atoms in total. The molecule has 2 heterocycles. The summed E-state index contributed by atoms with van der Waals surface area (Å²) in [6.07, 6.45) is 0. The summed E-state index contributed by atoms with van der Waals surface area (Å²) in [6.45, 7) is 4.62. The van der Waals surface area contributed by atoms with E-state index < -0.39 is 4.87 Å². The molecule has 1 aromatic rings. The van der Waals surface area contributed by atoms with E-state index in [9.17, 15) is 14.4 Å². The van der Waals surface area contributed by atoms with Gasteiger partial charge in [0.25, 0.3) is 5.91 Å². The summed E-state index contributed by atoms with van der Waals surface area (Å²) < 4.78 is 0. The molecule has 2 aliphatic rings. The molecule has 8 heteroatoms. The molecule has 0 saturated heterocycles. The first-order valence-electron chi connectivity index (χ1n) is 7.03. The van der Waals surface area contributed by atoms with Gasteiger partial charge in [-0.05, 0) is 24.2 Å². The second kappa shape index (κ2) is 5.09. The number of thioether (sulfide) groups is 1. The van der Waals surface area contributed by atoms with Crippen molar-refractivity contribution < 1.29 is 14.4 Å². The van der Waals surface area contributed by atoms with Crippen LogP contribution in [0.15, 0.2) is 23.3 Å². The topological polar surface area (TPSA) is 82.1 Å². The zero-order valence-electron chi connectivity index (χ0n) is 13.2. The van der Waals surface area contributed by atoms with Crippen LogP contribution in [0.4, 0.5) is 5.69 Å². The number of anilines is 1. The average molecular weight is 332 g/mol. The van der Waals surface area contributed by atoms with E-state index in [2.05, 4.69) is 10.4 Å². The number of fused-ring (bicyclic) bond motifs is 2. The number of amides is 3. The summed E-state index contributed by atoms with van der Waals surface area (Å²) in [5.41, 5.74) is 2.41. The molecular formula is C15H16N4O3S. The predicted octanol–water partition coefficient (Wildman–Crippen LogP) is 1.13. The largest absolute Gasteiger partial charge is 0.312 e. The Morgan fingerprint density at radius 1 is 1.30 bits per heavy atom. The number of likely N-dealkylation sites (N-methyl/N-ethyl adjacent to an activating group) is 1. The van der Waals surface area contributed by atoms with E-state index in [1.165, 1.54) is 13.8 Å². The van der Waals surface area contributed by atoms with Crippen molar-refractivity contribution in [1.82, 2.24) is 10.3 Å². The molecule has 1 N–H and O–H groups in total. The molecule has 0 saturated carbocycles. The Morgan fingerprint density at radius 2 is 2.00 bits per heavy atom. The van der Waals surface area contributed by atoms with Gasteiger partial charge in [-0.25, -0.2) is 0 Å². The zero-order valence-corrected chi connectivity index (χ0v) is 14.0. The van der Waals surface area contributed by atoms with Gasteiger partial charge in [0.2, 0.25) is 16.7 Å². The van der Waals surface area contributed by atoms with E-state index in [-0.39, 0.29) is 22.9 Å². The van der Waals surface area contributed by atoms with Gasteiger partial charge >= 0.3 is 0 Å². The molecule has 3 rings (SSSR count). The highest BCUT2D eigenvalue weighted by Gasteiger charge is 2.60. The monoisotopic (exact) mass is 332 g/mol. The van der Waals surface area contributed by atoms with Crippen molar-refractivity contribution in [1.29, 1.82) is 0 Å². The number of nitrogens with zero attached hydrogens (tertiary/aromatic N) is 3. The third-order valence-electron chi connectivity index (χ3n) is 3.85. The molecular weight excluding hydrogens is 316 g/mol. The van der Waals surface area contributed by atoms with Crippen LogP contribution in [-0.2, 0) is 19.3 Å². The van der Waals surface area contributed by atoms with Gasteiger partial charge in [0, 0.05) is 26.5 Å². The van der Waals surface area contributed by atoms with Gasteiger partial charge in [0.15, 0.2) is 5.17 Å². The molecule has 0 aromatic heterocycles. The normalized spacial score (nSPS) is 22.4. The number of carbonyl (C=O) groups excluding carboxylic acids is 3. The molecule has 120 valence electrons. The maximum atomic E-state index is 13.0. The Kier molecular flexibility index (Phi) is 3.44. The fourth-order valence-corrected chi connectivity index (χ4v) is 4.33. The predicted molar refractivity (Wildman–Crippen MR) is 87.6 cm³/mol. The van der Waals surface area contributed by atoms with Crippen molar-refractivity contribution in [2.24, 2.45) is 5.10 Å². The summed E-state index contributed by atoms with van der Waals surface area (Å²) in [5, 5.41) is 8.13. The molecule has 3 amide bonds. The Labute approximate surface area is 137 Å². The SMILES string of the molecule is CC(=O)NC1=NN(C(C)=O)[C@]2(S1)C(=O)N(C)c1c(C)cccc12. The molecule has 0 fully saturated rings. The van der Waals surface area contributed by atoms with Crippen LogP contribution in [0.25, 0.3) is 0 Å². The molecule has 0 bridgehead atoms. The van der Waals surface area contributed by atoms with Crippen LogP contribution in [0.3, 0.4) is 0 Å². The van der Waals surface area contributed by atoms with Gasteiger partial charge in [0.1, 0.15) is 0 Å². The summed E-state index contributed by atoms with van der Waals surface area (Å²) in [5.74, 6) is -0.930. The van der Waals surface area contributed by atoms with Crippen LogP contribution in [-0.4, -0.2) is 34.9 Å². The van der Waals surface area contributed by atoms with Crippen molar-refractivity contribution in [2.75, 3.05) is 11.9 Å². The Bertz CT molecular complexity index is 776. The number of nitrogens with one attached hydrogen (secondary N) is 1. The number of hydrogen-bond donors (Lipinski definition) is 1. The molecule has 1 atom stereocenters. The van der Waals surface area contributed by atoms with E-state index in [1.807, 2.05) is 25.1 Å². The summed E-state index contributed by atoms with van der Waals surface area (Å²) in [6, 6.07) is 5.57. The second-order valence-electron chi connectivity index (χ2n) is 5.50. The fraction of sp³-hybridized carbons (Fsp3) is 0.333. The number of para-hydroxylation sites is 1. The van der Waals surface area contributed by atoms with Crippen LogP contribution < -0.4 is 10.2 Å². The van der Waals surface area contributed by atoms with Gasteiger partial charge in [-0.1, -0.05) is 18.2 Å². The highest BCUT2D eigenvalue weighted by Crippen LogP contribution is 2.54. The van der Waals surface area contributed by atoms with Gasteiger partial charge in [0.05, 0.1) is 5.69 Å². The van der Waals surface area contributed by atoms with Crippen molar-refractivity contribution >= 4 is 40.3 Å². The smallest absolute Gasteiger partial charge is 0.270 e. The summed E-state index contributed by atoms with van der Waals surface area (Å²) >= 11 is 1.08. The lowest BCUT2D eigenvalue weighted by atomic mass is 10.0. The van der Waals surface area contributed by atoms with Crippen LogP contribution in [0, 0.1) is 6.92 Å². The Balaban J connectivity index is 2.19. The number of amidine groups is 1. The minimum atomic E-state index is -1.29. The Hall–Kier alpha value is -2.35. The fourth-order valence-electron chi connectivity index (χ4n) is 2.98. The molecule has 0 radical (unpaired) electrons. The van der Waals surface area contributed by atoms with Crippen molar-refractivity contribution in [3.05, 3.63) is 29.3 Å². The van der Waals surface area contributed by atoms with Gasteiger partial charge in [-0.2, -0.15) is 5.01 Å². The molecule has 23 heavy (non-hydrogen) atoms. The van der Waals surface area contributed by atoms with E-state index in [0.29, 0.717) is 5.56 Å². The maximum absolute atomic E-state index is 13.0. The van der Waals surface area contributed by atoms with Crippen LogP contribution in [0.1, 0.15) is 25.0 Å². The molecule has 1 aromatic carbocycles. The van der Waals surface area contributed by atoms with E-state index in [4.69, 9.17) is 0 Å². The van der Waals surface area contributed by atoms with Gasteiger partial charge in [-0.3, -0.25) is 14.4 Å². The van der Waals surface area contributed by atoms with Gasteiger partial charge < -0.3 is 10.2 Å². The van der Waals surface area contributed by atoms with E-state index >= 15 is 0 Å². The highest BCUT2D eigenvalue weighted by atomic mass is 32.2. The first-order valence-corrected chi connectivity index (χ1v) is 7.85. The standard InChI is InChI=1S/C15H16N4O3S/c1-8-6-5-7-11-12(8)18(4)13(22)15(11)19(10(3)21)17-14(23-15)16-9(2)20/h5-7H,1-4H3,(H,16,17,20)/t15-/m1/s1. The number of hydrogen-bond acceptors (Lipinski definition) is 5. The van der Waals surface area contributed by atoms with E-state index in [1.54, 1.807) is 11.9 Å². The minimum Gasteiger partial charge on any atom is -0.312 e. The molecule has 1 spiro atoms. The van der Waals surface area contributed by atoms with Crippen molar-refractivity contribution in [2.45, 2.75) is 25.6 Å². The number of benzene rings is 1. The first kappa shape index (κ1) is 15.5. The number of rotatable bonds is 0. The number of aryl methyl sites for hydroxylation is 1. The molecule has 2 aliphatic heterocycles. The van der Waals surface area contributed by atoms with Crippen LogP contribution in [0.2, 0.25) is 0 Å². The quantitative estimate of drug-likeness (QED) is 0.772. The van der Waals surface area contributed by atoms with Crippen LogP contribution >= 0.6 is 11.8 Å². The van der Waals surface area contributed by atoms with E-state index in [0.717, 1.165) is 28.0 Å². The van der Waals surface area contributed by atoms with Crippen molar-refractivity contribution in [3.63, 3.8) is 0 Å². The minimum absolute atomic E-state index is 0.240. The van der Waals surface area contributed by atoms with Crippen molar-refractivity contribution in [3.8, 4) is 0 Å². The highest BCUT2D eigenvalue weighted by molar-refractivity contribution is 8.15. The first-order chi connectivity index (χ1) is 10.8. The summed E-state index contributed by atoms with van der Waals surface area (Å²) in [4.78, 5) is 36.7. The molecule has 0 aliphatic carbocycles. The molecule has 0 unspecified atom stereocenters. The third kappa shape index (κ3) is 2.05. The lowest BCUT2D eigenvalue weighted by Crippen LogP contribution is -2.47. The third-order valence-corrected chi connectivity index (χ3v) is 5.09. The average Bonchev–Trinajstić information content (AvgIpc) is 2.93. The zero-order chi connectivity index (χ0) is 16.9. The van der Waals surface area contributed by atoms with Crippen LogP contribution in [0.5, 0.6) is 0 Å². The van der Waals surface area contributed by atoms with Gasteiger partial charge in [-0.15, -0.1) is 5.10 Å². The Morgan fingerprint density at radius 3 is 2.61 bits per heavy atom. The number of hydrazone groups is 1. The maximum Gasteiger partial charge on any atom is 0.270 e. The number of carbonyl (C=O) groups is 3. The second-order valence-corrected chi connectivity index (χ2v) is 6.68. The lowest BCUT2D eigenvalue weighted by Gasteiger charge is -2.28. The lowest BCUT2D eigenvalue weighted by molar-refractivity contribution is -0.139.